The van der Waals surface area contributed by atoms with Crippen molar-refractivity contribution < 1.29 is 0 Å². The normalized spacial score (nSPS) is 10.9. The number of hydrogen-bond donors (Lipinski definition) is 3. The fourth-order valence-electron chi connectivity index (χ4n) is 2.36. The van der Waals surface area contributed by atoms with Crippen molar-refractivity contribution in [1.29, 1.82) is 0 Å². The minimum atomic E-state index is -0.615. The maximum atomic E-state index is 11.3. The molecule has 0 bridgehead atoms. The topological polar surface area (TPSA) is 77.8 Å². The number of anilines is 1. The summed E-state index contributed by atoms with van der Waals surface area (Å²) >= 11 is 0. The van der Waals surface area contributed by atoms with Crippen molar-refractivity contribution in [2.75, 3.05) is 11.9 Å². The number of hydrogen-bond acceptors (Lipinski definition) is 3. The lowest BCUT2D eigenvalue weighted by atomic mass is 10.1. The highest BCUT2D eigenvalue weighted by Crippen LogP contribution is 2.14. The van der Waals surface area contributed by atoms with Crippen LogP contribution in [0, 0.1) is 0 Å². The Morgan fingerprint density at radius 1 is 0.905 bits per heavy atom. The summed E-state index contributed by atoms with van der Waals surface area (Å²) in [5.74, 6) is 0. The summed E-state index contributed by atoms with van der Waals surface area (Å²) < 4.78 is 0. The first-order chi connectivity index (χ1) is 10.2. The smallest absolute Gasteiger partial charge is 0.314 e. The number of rotatable bonds is 8. The number of aromatic nitrogens is 2. The third-order valence-corrected chi connectivity index (χ3v) is 3.58. The summed E-state index contributed by atoms with van der Waals surface area (Å²) in [7, 11) is 0. The molecule has 0 saturated carbocycles. The molecule has 0 atom stereocenters. The second-order valence-electron chi connectivity index (χ2n) is 5.36. The molecule has 0 saturated heterocycles. The van der Waals surface area contributed by atoms with Crippen molar-refractivity contribution in [3.63, 3.8) is 0 Å². The molecule has 0 aliphatic carbocycles. The predicted octanol–water partition coefficient (Wildman–Crippen LogP) is 2.99. The van der Waals surface area contributed by atoms with Gasteiger partial charge in [-0.2, -0.15) is 0 Å². The molecule has 0 spiro atoms. The lowest BCUT2D eigenvalue weighted by Crippen LogP contribution is -2.28. The Morgan fingerprint density at radius 3 is 2.33 bits per heavy atom. The molecule has 1 aromatic carbocycles. The average Bonchev–Trinajstić information content (AvgIpc) is 2.48. The molecule has 2 aromatic rings. The van der Waals surface area contributed by atoms with Crippen molar-refractivity contribution in [2.45, 2.75) is 45.4 Å². The average molecular weight is 289 g/mol. The Hall–Kier alpha value is -2.04. The summed E-state index contributed by atoms with van der Waals surface area (Å²) in [4.78, 5) is 27.7. The van der Waals surface area contributed by atoms with Crippen LogP contribution in [0.3, 0.4) is 0 Å². The maximum absolute atomic E-state index is 11.3. The van der Waals surface area contributed by atoms with Crippen LogP contribution in [0.15, 0.2) is 27.8 Å². The quantitative estimate of drug-likeness (QED) is 0.516. The van der Waals surface area contributed by atoms with E-state index < -0.39 is 11.1 Å². The molecule has 1 aromatic heterocycles. The van der Waals surface area contributed by atoms with Crippen LogP contribution in [0.4, 0.5) is 5.69 Å². The number of aromatic amines is 2. The van der Waals surface area contributed by atoms with Crippen LogP contribution in [0.5, 0.6) is 0 Å². The molecule has 5 nitrogen and oxygen atoms in total. The molecule has 0 unspecified atom stereocenters. The van der Waals surface area contributed by atoms with Gasteiger partial charge in [0.15, 0.2) is 0 Å². The molecule has 0 amide bonds. The minimum Gasteiger partial charge on any atom is -0.385 e. The molecule has 0 aliphatic heterocycles. The summed E-state index contributed by atoms with van der Waals surface area (Å²) in [6, 6.07) is 5.56. The van der Waals surface area contributed by atoms with Gasteiger partial charge < -0.3 is 15.3 Å². The third-order valence-electron chi connectivity index (χ3n) is 3.58. The first-order valence-corrected chi connectivity index (χ1v) is 7.71. The Morgan fingerprint density at radius 2 is 1.57 bits per heavy atom. The molecular weight excluding hydrogens is 266 g/mol. The monoisotopic (exact) mass is 289 g/mol. The van der Waals surface area contributed by atoms with Crippen LogP contribution in [-0.2, 0) is 0 Å². The highest BCUT2D eigenvalue weighted by molar-refractivity contribution is 5.78. The van der Waals surface area contributed by atoms with Gasteiger partial charge >= 0.3 is 11.1 Å². The van der Waals surface area contributed by atoms with E-state index in [1.807, 2.05) is 12.1 Å². The molecule has 3 N–H and O–H groups in total. The van der Waals surface area contributed by atoms with E-state index in [0.29, 0.717) is 11.0 Å². The van der Waals surface area contributed by atoms with Gasteiger partial charge in [0.05, 0.1) is 11.0 Å². The van der Waals surface area contributed by atoms with Crippen LogP contribution >= 0.6 is 0 Å². The van der Waals surface area contributed by atoms with Gasteiger partial charge in [0.1, 0.15) is 0 Å². The van der Waals surface area contributed by atoms with E-state index in [1.165, 1.54) is 32.1 Å². The van der Waals surface area contributed by atoms with Crippen molar-refractivity contribution >= 4 is 16.7 Å². The number of benzene rings is 1. The van der Waals surface area contributed by atoms with Crippen molar-refractivity contribution in [1.82, 2.24) is 9.97 Å². The molecule has 0 aliphatic rings. The Balaban J connectivity index is 1.87. The van der Waals surface area contributed by atoms with Crippen molar-refractivity contribution in [2.24, 2.45) is 0 Å². The second-order valence-corrected chi connectivity index (χ2v) is 5.36. The number of H-pyrrole nitrogens is 2. The molecule has 0 radical (unpaired) electrons. The number of unbranched alkanes of at least 4 members (excludes halogenated alkanes) is 5. The van der Waals surface area contributed by atoms with E-state index in [4.69, 9.17) is 0 Å². The summed E-state index contributed by atoms with van der Waals surface area (Å²) in [5, 5.41) is 3.35. The van der Waals surface area contributed by atoms with Crippen molar-refractivity contribution in [3.05, 3.63) is 38.9 Å². The minimum absolute atomic E-state index is 0.615. The lowest BCUT2D eigenvalue weighted by Gasteiger charge is -2.07. The van der Waals surface area contributed by atoms with Crippen LogP contribution in [0.25, 0.3) is 11.0 Å². The number of nitrogens with one attached hydrogen (secondary N) is 3. The molecule has 1 heterocycles. The highest BCUT2D eigenvalue weighted by Gasteiger charge is 2.00. The van der Waals surface area contributed by atoms with Crippen molar-refractivity contribution in [3.8, 4) is 0 Å². The fraction of sp³-hybridized carbons (Fsp3) is 0.500. The summed E-state index contributed by atoms with van der Waals surface area (Å²) in [5.41, 5.74) is 1.02. The van der Waals surface area contributed by atoms with Gasteiger partial charge in [-0.15, -0.1) is 0 Å². The molecule has 0 fully saturated rings. The van der Waals surface area contributed by atoms with Gasteiger partial charge in [0, 0.05) is 12.2 Å². The first-order valence-electron chi connectivity index (χ1n) is 7.71. The Labute approximate surface area is 123 Å². The van der Waals surface area contributed by atoms with E-state index in [1.54, 1.807) is 6.07 Å². The van der Waals surface area contributed by atoms with Gasteiger partial charge in [-0.1, -0.05) is 39.0 Å². The van der Waals surface area contributed by atoms with E-state index in [-0.39, 0.29) is 0 Å². The predicted molar refractivity (Wildman–Crippen MR) is 87.1 cm³/mol. The Bertz CT molecular complexity index is 688. The van der Waals surface area contributed by atoms with Crippen LogP contribution in [0.1, 0.15) is 45.4 Å². The largest absolute Gasteiger partial charge is 0.385 e. The second kappa shape index (κ2) is 7.67. The summed E-state index contributed by atoms with van der Waals surface area (Å²) in [6.07, 6.45) is 7.59. The van der Waals surface area contributed by atoms with E-state index >= 15 is 0 Å². The zero-order valence-electron chi connectivity index (χ0n) is 12.5. The SMILES string of the molecule is CCCCCCCCNc1ccc2[nH]c(=O)c(=O)[nH]c2c1. The van der Waals surface area contributed by atoms with Gasteiger partial charge in [-0.05, 0) is 24.6 Å². The zero-order valence-corrected chi connectivity index (χ0v) is 12.5. The van der Waals surface area contributed by atoms with E-state index in [2.05, 4.69) is 22.2 Å². The van der Waals surface area contributed by atoms with Gasteiger partial charge in [0.2, 0.25) is 0 Å². The molecule has 114 valence electrons. The number of fused-ring (bicyclic) bond motifs is 1. The van der Waals surface area contributed by atoms with E-state index in [0.717, 1.165) is 18.7 Å². The standard InChI is InChI=1S/C16H23N3O2/c1-2-3-4-5-6-7-10-17-12-8-9-13-14(11-12)19-16(21)15(20)18-13/h8-9,11,17H,2-7,10H2,1H3,(H,18,20)(H,19,21). The molecule has 21 heavy (non-hydrogen) atoms. The third kappa shape index (κ3) is 4.48. The van der Waals surface area contributed by atoms with E-state index in [9.17, 15) is 9.59 Å². The lowest BCUT2D eigenvalue weighted by molar-refractivity contribution is 0.617. The zero-order chi connectivity index (χ0) is 15.1. The first kappa shape index (κ1) is 15.4. The molecule has 2 rings (SSSR count). The van der Waals surface area contributed by atoms with Crippen LogP contribution in [0.2, 0.25) is 0 Å². The molecular formula is C16H23N3O2. The van der Waals surface area contributed by atoms with Gasteiger partial charge in [-0.3, -0.25) is 9.59 Å². The fourth-order valence-corrected chi connectivity index (χ4v) is 2.36. The maximum Gasteiger partial charge on any atom is 0.314 e. The van der Waals surface area contributed by atoms with Crippen LogP contribution in [-0.4, -0.2) is 16.5 Å². The van der Waals surface area contributed by atoms with Gasteiger partial charge in [0.25, 0.3) is 0 Å². The highest BCUT2D eigenvalue weighted by atomic mass is 16.2. The van der Waals surface area contributed by atoms with Gasteiger partial charge in [-0.25, -0.2) is 0 Å². The summed E-state index contributed by atoms with van der Waals surface area (Å²) in [6.45, 7) is 3.14. The molecule has 5 heteroatoms. The van der Waals surface area contributed by atoms with Crippen LogP contribution < -0.4 is 16.4 Å². The Kier molecular flexibility index (Phi) is 5.60.